The molecule has 2 saturated heterocycles. The Balaban J connectivity index is 1.92. The molecule has 3 heterocycles. The van der Waals surface area contributed by atoms with Gasteiger partial charge in [0.1, 0.15) is 18.3 Å². The largest absolute Gasteiger partial charge is 0.472 e. The Morgan fingerprint density at radius 2 is 2.20 bits per heavy atom. The van der Waals surface area contributed by atoms with Crippen molar-refractivity contribution in [1.82, 2.24) is 9.55 Å². The maximum atomic E-state index is 11.6. The van der Waals surface area contributed by atoms with Gasteiger partial charge in [-0.25, -0.2) is 9.36 Å². The maximum absolute atomic E-state index is 11.6. The van der Waals surface area contributed by atoms with E-state index >= 15 is 0 Å². The van der Waals surface area contributed by atoms with Crippen molar-refractivity contribution in [3.8, 4) is 0 Å². The lowest BCUT2D eigenvalue weighted by Gasteiger charge is -2.27. The average molecular weight is 306 g/mol. The van der Waals surface area contributed by atoms with Crippen LogP contribution in [0, 0.1) is 0 Å². The summed E-state index contributed by atoms with van der Waals surface area (Å²) in [5.74, 6) is 0. The molecule has 5 atom stereocenters. The molecule has 2 aliphatic rings. The molecule has 10 nitrogen and oxygen atoms in total. The molecule has 20 heavy (non-hydrogen) atoms. The van der Waals surface area contributed by atoms with E-state index in [1.807, 2.05) is 4.98 Å². The van der Waals surface area contributed by atoms with Gasteiger partial charge in [-0.3, -0.25) is 23.4 Å². The number of aliphatic hydroxyl groups is 1. The Labute approximate surface area is 111 Å². The fourth-order valence-electron chi connectivity index (χ4n) is 2.19. The number of hydrogen-bond donors (Lipinski definition) is 3. The first-order valence-electron chi connectivity index (χ1n) is 5.68. The topological polar surface area (TPSA) is 140 Å². The fourth-order valence-corrected chi connectivity index (χ4v) is 3.16. The van der Waals surface area contributed by atoms with E-state index in [1.54, 1.807) is 0 Å². The number of fused-ring (bicyclic) bond motifs is 1. The van der Waals surface area contributed by atoms with Gasteiger partial charge >= 0.3 is 13.5 Å². The van der Waals surface area contributed by atoms with Gasteiger partial charge in [-0.15, -0.1) is 0 Å². The van der Waals surface area contributed by atoms with Crippen LogP contribution in [-0.4, -0.2) is 44.5 Å². The molecule has 0 radical (unpaired) electrons. The molecule has 2 aliphatic heterocycles. The summed E-state index contributed by atoms with van der Waals surface area (Å²) >= 11 is 0. The quantitative estimate of drug-likeness (QED) is 0.522. The van der Waals surface area contributed by atoms with Gasteiger partial charge in [-0.05, 0) is 0 Å². The van der Waals surface area contributed by atoms with Crippen molar-refractivity contribution in [2.45, 2.75) is 24.5 Å². The van der Waals surface area contributed by atoms with E-state index in [2.05, 4.69) is 4.52 Å². The molecule has 3 rings (SSSR count). The molecule has 0 aliphatic carbocycles. The Morgan fingerprint density at radius 3 is 2.90 bits per heavy atom. The summed E-state index contributed by atoms with van der Waals surface area (Å²) in [6.45, 7) is -0.246. The first-order chi connectivity index (χ1) is 9.37. The summed E-state index contributed by atoms with van der Waals surface area (Å²) in [6.07, 6.45) is -3.22. The van der Waals surface area contributed by atoms with E-state index in [9.17, 15) is 24.2 Å². The van der Waals surface area contributed by atoms with Crippen molar-refractivity contribution >= 4 is 7.82 Å². The monoisotopic (exact) mass is 306 g/mol. The summed E-state index contributed by atoms with van der Waals surface area (Å²) in [4.78, 5) is 33.9. The van der Waals surface area contributed by atoms with Crippen LogP contribution >= 0.6 is 7.82 Å². The van der Waals surface area contributed by atoms with Crippen LogP contribution < -0.4 is 11.2 Å². The molecule has 1 aromatic heterocycles. The van der Waals surface area contributed by atoms with Crippen molar-refractivity contribution < 1.29 is 28.3 Å². The molecule has 0 bridgehead atoms. The highest BCUT2D eigenvalue weighted by Crippen LogP contribution is 2.52. The summed E-state index contributed by atoms with van der Waals surface area (Å²) < 4.78 is 27.0. The number of phosphoric ester groups is 1. The zero-order valence-electron chi connectivity index (χ0n) is 9.91. The zero-order valence-corrected chi connectivity index (χ0v) is 10.8. The highest BCUT2D eigenvalue weighted by atomic mass is 31.2. The van der Waals surface area contributed by atoms with Crippen molar-refractivity contribution in [2.75, 3.05) is 6.61 Å². The number of aromatic nitrogens is 2. The van der Waals surface area contributed by atoms with E-state index in [4.69, 9.17) is 9.26 Å². The number of aliphatic hydroxyl groups excluding tert-OH is 1. The van der Waals surface area contributed by atoms with E-state index in [0.717, 1.165) is 16.8 Å². The van der Waals surface area contributed by atoms with Gasteiger partial charge in [-0.1, -0.05) is 0 Å². The summed E-state index contributed by atoms with van der Waals surface area (Å²) in [6, 6.07) is 1.09. The molecule has 0 amide bonds. The molecular formula is C9H11N2O8P. The minimum Gasteiger partial charge on any atom is -0.386 e. The highest BCUT2D eigenvalue weighted by Gasteiger charge is 2.52. The van der Waals surface area contributed by atoms with Gasteiger partial charge in [-0.2, -0.15) is 0 Å². The van der Waals surface area contributed by atoms with Crippen LogP contribution in [0.3, 0.4) is 0 Å². The molecule has 0 saturated carbocycles. The molecule has 11 heteroatoms. The van der Waals surface area contributed by atoms with Crippen LogP contribution in [0.15, 0.2) is 21.9 Å². The van der Waals surface area contributed by atoms with Gasteiger partial charge in [0.2, 0.25) is 0 Å². The highest BCUT2D eigenvalue weighted by molar-refractivity contribution is 7.47. The molecule has 2 fully saturated rings. The van der Waals surface area contributed by atoms with E-state index in [0.29, 0.717) is 0 Å². The van der Waals surface area contributed by atoms with E-state index < -0.39 is 43.6 Å². The summed E-state index contributed by atoms with van der Waals surface area (Å²) in [7, 11) is -4.22. The van der Waals surface area contributed by atoms with Gasteiger partial charge in [0.05, 0.1) is 6.61 Å². The Bertz CT molecular complexity index is 683. The second-order valence-electron chi connectivity index (χ2n) is 4.41. The Morgan fingerprint density at radius 1 is 1.45 bits per heavy atom. The lowest BCUT2D eigenvalue weighted by Crippen LogP contribution is -2.40. The predicted octanol–water partition coefficient (Wildman–Crippen LogP) is -1.69. The van der Waals surface area contributed by atoms with Crippen LogP contribution in [-0.2, 0) is 18.3 Å². The fraction of sp³-hybridized carbons (Fsp3) is 0.556. The number of H-pyrrole nitrogens is 1. The number of nitrogens with one attached hydrogen (secondary N) is 1. The van der Waals surface area contributed by atoms with E-state index in [1.165, 1.54) is 0 Å². The van der Waals surface area contributed by atoms with Gasteiger partial charge in [0.25, 0.3) is 5.56 Å². The Kier molecular flexibility index (Phi) is 3.16. The number of ether oxygens (including phenoxy) is 1. The minimum atomic E-state index is -4.22. The number of hydrogen-bond acceptors (Lipinski definition) is 7. The third kappa shape index (κ3) is 2.26. The zero-order chi connectivity index (χ0) is 14.5. The number of aromatic amines is 1. The number of rotatable bonds is 1. The summed E-state index contributed by atoms with van der Waals surface area (Å²) in [5.41, 5.74) is -1.36. The van der Waals surface area contributed by atoms with E-state index in [-0.39, 0.29) is 6.61 Å². The van der Waals surface area contributed by atoms with Crippen molar-refractivity contribution in [3.63, 3.8) is 0 Å². The molecule has 0 aromatic carbocycles. The molecule has 1 unspecified atom stereocenters. The lowest BCUT2D eigenvalue weighted by molar-refractivity contribution is -0.0685. The maximum Gasteiger partial charge on any atom is 0.472 e. The first kappa shape index (κ1) is 13.7. The third-order valence-electron chi connectivity index (χ3n) is 3.09. The van der Waals surface area contributed by atoms with Crippen LogP contribution in [0.1, 0.15) is 6.23 Å². The molecule has 3 N–H and O–H groups in total. The number of nitrogens with zero attached hydrogens (tertiary/aromatic N) is 1. The van der Waals surface area contributed by atoms with Crippen molar-refractivity contribution in [2.24, 2.45) is 0 Å². The smallest absolute Gasteiger partial charge is 0.386 e. The standard InChI is InChI=1S/C9H11N2O8P/c12-5-1-2-11(9(14)10-5)8-6(13)7-4(18-8)3-17-20(15,16)19-7/h1-2,4,6-8,13H,3H2,(H,15,16)(H,10,12,14)/t4-,6-,7-,8-/m1/s1. The summed E-state index contributed by atoms with van der Waals surface area (Å²) in [5, 5.41) is 10.1. The average Bonchev–Trinajstić information content (AvgIpc) is 2.66. The molecule has 110 valence electrons. The first-order valence-corrected chi connectivity index (χ1v) is 7.18. The lowest BCUT2D eigenvalue weighted by atomic mass is 10.1. The minimum absolute atomic E-state index is 0.246. The molecule has 1 aromatic rings. The van der Waals surface area contributed by atoms with Gasteiger partial charge in [0, 0.05) is 12.3 Å². The SMILES string of the molecule is O=c1ccn([C@@H]2O[C@@H]3COP(=O)(O)O[C@H]3[C@H]2O)c(=O)[nH]1. The van der Waals surface area contributed by atoms with Crippen LogP contribution in [0.2, 0.25) is 0 Å². The van der Waals surface area contributed by atoms with Crippen LogP contribution in [0.4, 0.5) is 0 Å². The third-order valence-corrected chi connectivity index (χ3v) is 4.08. The van der Waals surface area contributed by atoms with Crippen molar-refractivity contribution in [3.05, 3.63) is 33.1 Å². The molecular weight excluding hydrogens is 295 g/mol. The molecule has 0 spiro atoms. The second-order valence-corrected chi connectivity index (χ2v) is 5.81. The van der Waals surface area contributed by atoms with Gasteiger partial charge in [0.15, 0.2) is 6.23 Å². The Hall–Kier alpha value is -1.29. The van der Waals surface area contributed by atoms with Crippen LogP contribution in [0.5, 0.6) is 0 Å². The van der Waals surface area contributed by atoms with Crippen LogP contribution in [0.25, 0.3) is 0 Å². The normalized spacial score (nSPS) is 40.5. The predicted molar refractivity (Wildman–Crippen MR) is 61.9 cm³/mol. The second kappa shape index (κ2) is 4.62. The van der Waals surface area contributed by atoms with Gasteiger partial charge < -0.3 is 14.7 Å². The number of phosphoric acid groups is 1. The van der Waals surface area contributed by atoms with Crippen molar-refractivity contribution in [1.29, 1.82) is 0 Å².